The molecule has 0 aromatic rings. The molecule has 2 nitrogen and oxygen atoms in total. The molecular formula is C13H21ClO2. The fourth-order valence-electron chi connectivity index (χ4n) is 2.15. The lowest BCUT2D eigenvalue weighted by Gasteiger charge is -2.09. The summed E-state index contributed by atoms with van der Waals surface area (Å²) < 4.78 is 0. The van der Waals surface area contributed by atoms with Gasteiger partial charge in [0.05, 0.1) is 5.57 Å². The zero-order valence-electron chi connectivity index (χ0n) is 9.80. The van der Waals surface area contributed by atoms with Gasteiger partial charge in [0.15, 0.2) is 0 Å². The Hall–Kier alpha value is -0.500. The van der Waals surface area contributed by atoms with Crippen LogP contribution in [0.2, 0.25) is 0 Å². The average molecular weight is 245 g/mol. The van der Waals surface area contributed by atoms with Gasteiger partial charge in [-0.2, -0.15) is 0 Å². The third-order valence-electron chi connectivity index (χ3n) is 3.16. The Morgan fingerprint density at radius 2 is 1.31 bits per heavy atom. The van der Waals surface area contributed by atoms with Crippen LogP contribution in [-0.4, -0.2) is 11.1 Å². The van der Waals surface area contributed by atoms with Crippen molar-refractivity contribution in [1.82, 2.24) is 0 Å². The highest BCUT2D eigenvalue weighted by Gasteiger charge is 2.12. The molecule has 92 valence electrons. The van der Waals surface area contributed by atoms with E-state index in [2.05, 4.69) is 0 Å². The molecule has 0 saturated heterocycles. The maximum Gasteiger partial charge on any atom is 0.332 e. The van der Waals surface area contributed by atoms with Gasteiger partial charge >= 0.3 is 5.97 Å². The zero-order chi connectivity index (χ0) is 11.8. The highest BCUT2D eigenvalue weighted by molar-refractivity contribution is 6.31. The van der Waals surface area contributed by atoms with Crippen LogP contribution in [-0.2, 0) is 4.79 Å². The Kier molecular flexibility index (Phi) is 6.55. The number of hydrogen-bond acceptors (Lipinski definition) is 1. The third kappa shape index (κ3) is 5.02. The molecule has 1 aliphatic rings. The van der Waals surface area contributed by atoms with Crippen LogP contribution < -0.4 is 0 Å². The third-order valence-corrected chi connectivity index (χ3v) is 3.58. The molecule has 0 aromatic heterocycles. The first kappa shape index (κ1) is 13.6. The Balaban J connectivity index is 2.59. The topological polar surface area (TPSA) is 37.3 Å². The molecule has 1 rings (SSSR count). The van der Waals surface area contributed by atoms with E-state index in [9.17, 15) is 4.79 Å². The van der Waals surface area contributed by atoms with Crippen molar-refractivity contribution < 1.29 is 9.90 Å². The molecular weight excluding hydrogens is 224 g/mol. The molecule has 0 unspecified atom stereocenters. The normalized spacial score (nSPS) is 21.1. The van der Waals surface area contributed by atoms with E-state index in [0.29, 0.717) is 17.0 Å². The Bertz CT molecular complexity index is 259. The number of carboxylic acid groups (broad SMARTS) is 1. The molecule has 0 bridgehead atoms. The van der Waals surface area contributed by atoms with Crippen molar-refractivity contribution in [2.75, 3.05) is 0 Å². The number of halogens is 1. The van der Waals surface area contributed by atoms with Crippen LogP contribution in [0.1, 0.15) is 64.2 Å². The lowest BCUT2D eigenvalue weighted by molar-refractivity contribution is -0.132. The second-order valence-corrected chi connectivity index (χ2v) is 4.97. The molecule has 1 aliphatic carbocycles. The van der Waals surface area contributed by atoms with Crippen molar-refractivity contribution in [2.45, 2.75) is 64.2 Å². The molecule has 1 N–H and O–H groups in total. The predicted octanol–water partition coefficient (Wildman–Crippen LogP) is 4.48. The highest BCUT2D eigenvalue weighted by atomic mass is 35.5. The van der Waals surface area contributed by atoms with E-state index in [1.807, 2.05) is 0 Å². The lowest BCUT2D eigenvalue weighted by atomic mass is 10.0. The molecule has 0 aliphatic heterocycles. The Morgan fingerprint density at radius 3 is 1.81 bits per heavy atom. The van der Waals surface area contributed by atoms with Gasteiger partial charge in [0, 0.05) is 5.03 Å². The lowest BCUT2D eigenvalue weighted by Crippen LogP contribution is -2.03. The van der Waals surface area contributed by atoms with Gasteiger partial charge < -0.3 is 5.11 Å². The quantitative estimate of drug-likeness (QED) is 0.739. The van der Waals surface area contributed by atoms with Crippen molar-refractivity contribution in [2.24, 2.45) is 0 Å². The Morgan fingerprint density at radius 1 is 0.875 bits per heavy atom. The second-order valence-electron chi connectivity index (χ2n) is 4.52. The maximum absolute atomic E-state index is 11.0. The van der Waals surface area contributed by atoms with E-state index in [1.54, 1.807) is 0 Å². The van der Waals surface area contributed by atoms with Crippen LogP contribution in [0.15, 0.2) is 10.6 Å². The molecule has 0 saturated carbocycles. The minimum atomic E-state index is -0.831. The van der Waals surface area contributed by atoms with Gasteiger partial charge in [-0.1, -0.05) is 50.1 Å². The molecule has 0 heterocycles. The average Bonchev–Trinajstić information content (AvgIpc) is 2.22. The fourth-order valence-corrected chi connectivity index (χ4v) is 2.46. The molecule has 0 fully saturated rings. The first-order chi connectivity index (χ1) is 7.72. The van der Waals surface area contributed by atoms with E-state index < -0.39 is 5.97 Å². The minimum Gasteiger partial charge on any atom is -0.478 e. The van der Waals surface area contributed by atoms with Crippen molar-refractivity contribution in [3.8, 4) is 0 Å². The van der Waals surface area contributed by atoms with Gasteiger partial charge in [-0.25, -0.2) is 4.79 Å². The molecule has 0 spiro atoms. The summed E-state index contributed by atoms with van der Waals surface area (Å²) in [6, 6.07) is 0. The first-order valence-corrected chi connectivity index (χ1v) is 6.70. The van der Waals surface area contributed by atoms with Crippen molar-refractivity contribution in [3.63, 3.8) is 0 Å². The molecule has 0 aromatic carbocycles. The van der Waals surface area contributed by atoms with Crippen LogP contribution in [0.3, 0.4) is 0 Å². The summed E-state index contributed by atoms with van der Waals surface area (Å²) in [5, 5.41) is 9.65. The van der Waals surface area contributed by atoms with Crippen molar-refractivity contribution in [1.29, 1.82) is 0 Å². The second kappa shape index (κ2) is 7.72. The summed E-state index contributed by atoms with van der Waals surface area (Å²) in [6.45, 7) is 0. The van der Waals surface area contributed by atoms with Crippen molar-refractivity contribution >= 4 is 17.6 Å². The van der Waals surface area contributed by atoms with Crippen LogP contribution in [0.25, 0.3) is 0 Å². The number of hydrogen-bond donors (Lipinski definition) is 1. The molecule has 0 radical (unpaired) electrons. The smallest absolute Gasteiger partial charge is 0.332 e. The largest absolute Gasteiger partial charge is 0.478 e. The minimum absolute atomic E-state index is 0.447. The monoisotopic (exact) mass is 244 g/mol. The molecule has 3 heteroatoms. The van der Waals surface area contributed by atoms with Crippen LogP contribution in [0.5, 0.6) is 0 Å². The summed E-state index contributed by atoms with van der Waals surface area (Å²) in [5.74, 6) is -0.831. The van der Waals surface area contributed by atoms with Gasteiger partial charge in [-0.05, 0) is 25.7 Å². The van der Waals surface area contributed by atoms with E-state index in [-0.39, 0.29) is 0 Å². The van der Waals surface area contributed by atoms with Gasteiger partial charge in [-0.3, -0.25) is 0 Å². The number of carboxylic acids is 1. The number of aliphatic carboxylic acids is 1. The number of carbonyl (C=O) groups is 1. The van der Waals surface area contributed by atoms with Gasteiger partial charge in [0.1, 0.15) is 0 Å². The molecule has 0 amide bonds. The summed E-state index contributed by atoms with van der Waals surface area (Å²) >= 11 is 6.07. The first-order valence-electron chi connectivity index (χ1n) is 6.32. The highest BCUT2D eigenvalue weighted by Crippen LogP contribution is 2.24. The summed E-state index contributed by atoms with van der Waals surface area (Å²) in [7, 11) is 0. The Labute approximate surface area is 103 Å². The van der Waals surface area contributed by atoms with E-state index in [1.165, 1.54) is 32.1 Å². The van der Waals surface area contributed by atoms with Gasteiger partial charge in [-0.15, -0.1) is 0 Å². The van der Waals surface area contributed by atoms with Crippen LogP contribution in [0, 0.1) is 0 Å². The molecule has 16 heavy (non-hydrogen) atoms. The summed E-state index contributed by atoms with van der Waals surface area (Å²) in [6.07, 6.45) is 10.7. The standard InChI is InChI=1S/C13H21ClO2/c14-12-10-8-6-4-2-1-3-5-7-9-11(12)13(15)16/h1-10H2,(H,15,16). The fraction of sp³-hybridized carbons (Fsp3) is 0.769. The van der Waals surface area contributed by atoms with Crippen molar-refractivity contribution in [3.05, 3.63) is 10.6 Å². The van der Waals surface area contributed by atoms with Crippen LogP contribution >= 0.6 is 11.6 Å². The number of allylic oxidation sites excluding steroid dienone is 1. The van der Waals surface area contributed by atoms with E-state index >= 15 is 0 Å². The summed E-state index contributed by atoms with van der Waals surface area (Å²) in [5.41, 5.74) is 0.447. The van der Waals surface area contributed by atoms with Gasteiger partial charge in [0.25, 0.3) is 0 Å². The van der Waals surface area contributed by atoms with E-state index in [4.69, 9.17) is 16.7 Å². The van der Waals surface area contributed by atoms with E-state index in [0.717, 1.165) is 25.7 Å². The summed E-state index contributed by atoms with van der Waals surface area (Å²) in [4.78, 5) is 11.0. The van der Waals surface area contributed by atoms with Crippen LogP contribution in [0.4, 0.5) is 0 Å². The maximum atomic E-state index is 11.0. The predicted molar refractivity (Wildman–Crippen MR) is 66.7 cm³/mol. The SMILES string of the molecule is O=C(O)C1=C(Cl)CCCCCCCCCC1. The molecule has 0 atom stereocenters. The van der Waals surface area contributed by atoms with Gasteiger partial charge in [0.2, 0.25) is 0 Å². The zero-order valence-corrected chi connectivity index (χ0v) is 10.6. The number of rotatable bonds is 1.